The van der Waals surface area contributed by atoms with Gasteiger partial charge in [-0.05, 0) is 62.1 Å². The average molecular weight is 767 g/mol. The number of aromatic nitrogens is 1. The van der Waals surface area contributed by atoms with E-state index < -0.39 is 55.2 Å². The number of fused-ring (bicyclic) bond motifs is 3. The summed E-state index contributed by atoms with van der Waals surface area (Å²) in [4.78, 5) is 49.0. The number of hydrogen-bond donors (Lipinski definition) is 1. The van der Waals surface area contributed by atoms with Crippen LogP contribution in [0.15, 0.2) is 21.2 Å². The van der Waals surface area contributed by atoms with Crippen LogP contribution in [0.25, 0.3) is 10.9 Å². The second kappa shape index (κ2) is 12.5. The highest BCUT2D eigenvalue weighted by Gasteiger charge is 2.85. The number of esters is 3. The van der Waals surface area contributed by atoms with Crippen molar-refractivity contribution < 1.29 is 52.7 Å². The van der Waals surface area contributed by atoms with E-state index in [4.69, 9.17) is 28.4 Å². The van der Waals surface area contributed by atoms with Crippen LogP contribution in [0, 0.1) is 35.0 Å². The highest BCUT2D eigenvalue weighted by molar-refractivity contribution is 9.11. The van der Waals surface area contributed by atoms with E-state index in [9.17, 15) is 24.3 Å². The molecule has 1 aromatic carbocycles. The van der Waals surface area contributed by atoms with Crippen molar-refractivity contribution in [2.24, 2.45) is 23.2 Å². The zero-order valence-corrected chi connectivity index (χ0v) is 28.7. The minimum atomic E-state index is -1.46. The molecule has 3 aliphatic carbocycles. The van der Waals surface area contributed by atoms with Crippen molar-refractivity contribution in [3.63, 3.8) is 0 Å². The van der Waals surface area contributed by atoms with E-state index in [2.05, 4.69) is 43.7 Å². The minimum Gasteiger partial charge on any atom is -0.491 e. The van der Waals surface area contributed by atoms with Crippen molar-refractivity contribution in [1.82, 2.24) is 4.57 Å². The number of benzene rings is 1. The van der Waals surface area contributed by atoms with Crippen molar-refractivity contribution in [3.8, 4) is 23.3 Å². The van der Waals surface area contributed by atoms with Gasteiger partial charge in [-0.25, -0.2) is 0 Å². The predicted octanol–water partition coefficient (Wildman–Crippen LogP) is 4.15. The zero-order valence-electron chi connectivity index (χ0n) is 25.5. The topological polar surface area (TPSA) is 149 Å². The van der Waals surface area contributed by atoms with Gasteiger partial charge in [0, 0.05) is 46.0 Å². The molecule has 1 aromatic heterocycles. The number of carbonyl (C=O) groups excluding carboxylic acids is 4. The number of ether oxygens (including phenoxy) is 6. The molecule has 1 unspecified atom stereocenters. The van der Waals surface area contributed by atoms with Crippen molar-refractivity contribution >= 4 is 66.6 Å². The number of aliphatic hydroxyl groups is 1. The van der Waals surface area contributed by atoms with Gasteiger partial charge in [-0.2, -0.15) is 0 Å². The number of hydrogen-bond acceptors (Lipinski definition) is 11. The zero-order chi connectivity index (χ0) is 33.1. The van der Waals surface area contributed by atoms with E-state index in [0.717, 1.165) is 40.0 Å². The maximum absolute atomic E-state index is 12.7. The number of halogens is 2. The summed E-state index contributed by atoms with van der Waals surface area (Å²) in [6.45, 7) is 4.70. The summed E-state index contributed by atoms with van der Waals surface area (Å²) in [5, 5.41) is 10.6. The molecule has 246 valence electrons. The summed E-state index contributed by atoms with van der Waals surface area (Å²) in [6.07, 6.45) is -2.48. The molecule has 1 saturated heterocycles. The molecule has 9 atom stereocenters. The van der Waals surface area contributed by atoms with E-state index in [1.54, 1.807) is 6.07 Å². The Balaban J connectivity index is 1.36. The van der Waals surface area contributed by atoms with Gasteiger partial charge in [0.1, 0.15) is 17.6 Å². The van der Waals surface area contributed by atoms with Crippen molar-refractivity contribution in [3.05, 3.63) is 21.2 Å². The Kier molecular flexibility index (Phi) is 8.90. The van der Waals surface area contributed by atoms with Crippen LogP contribution in [0.3, 0.4) is 0 Å². The first kappa shape index (κ1) is 32.8. The van der Waals surface area contributed by atoms with E-state index in [1.165, 1.54) is 17.7 Å². The molecule has 1 N–H and O–H groups in total. The standard InChI is InChI=1S/C32H33Br2NO11/c1-14(37)35-11-22(45-31-30(44-17(4)40)29(43-16(3)39)28(42-15(2)38)23(12-36)46-31)24-21(35)10-20(33)27(26(24)34)41-13-32-18-8-6-5-7-9-19(32)25(18)32/h10-11,18-19,23,25,28-31,36H,6,8-9,12-13H2,1-4H3/t18-,19?,23-,25-,28-,29+,30-,31-,32-/m1/s1. The van der Waals surface area contributed by atoms with Crippen LogP contribution in [0.4, 0.5) is 0 Å². The Labute approximate surface area is 281 Å². The maximum Gasteiger partial charge on any atom is 0.303 e. The molecule has 1 aliphatic heterocycles. The van der Waals surface area contributed by atoms with Crippen LogP contribution in [-0.2, 0) is 33.3 Å². The van der Waals surface area contributed by atoms with Crippen LogP contribution in [0.5, 0.6) is 11.5 Å². The molecule has 0 radical (unpaired) electrons. The van der Waals surface area contributed by atoms with Gasteiger partial charge in [-0.1, -0.05) is 0 Å². The van der Waals surface area contributed by atoms with Crippen LogP contribution in [0.2, 0.25) is 0 Å². The van der Waals surface area contributed by atoms with Crippen LogP contribution >= 0.6 is 31.9 Å². The summed E-state index contributed by atoms with van der Waals surface area (Å²) >= 11 is 7.31. The molecule has 14 heteroatoms. The predicted molar refractivity (Wildman–Crippen MR) is 167 cm³/mol. The molecular weight excluding hydrogens is 734 g/mol. The summed E-state index contributed by atoms with van der Waals surface area (Å²) in [5.74, 6) is 6.45. The molecule has 2 aromatic rings. The first-order valence-electron chi connectivity index (χ1n) is 15.0. The first-order valence-corrected chi connectivity index (χ1v) is 16.5. The quantitative estimate of drug-likeness (QED) is 0.223. The largest absolute Gasteiger partial charge is 0.491 e. The third-order valence-electron chi connectivity index (χ3n) is 9.31. The van der Waals surface area contributed by atoms with Gasteiger partial charge in [0.2, 0.25) is 18.3 Å². The third kappa shape index (κ3) is 5.69. The highest BCUT2D eigenvalue weighted by atomic mass is 79.9. The Hall–Kier alpha value is -3.12. The molecule has 12 nitrogen and oxygen atoms in total. The van der Waals surface area contributed by atoms with Gasteiger partial charge >= 0.3 is 17.9 Å². The van der Waals surface area contributed by atoms with Gasteiger partial charge in [-0.15, -0.1) is 11.8 Å². The fourth-order valence-corrected chi connectivity index (χ4v) is 8.85. The third-order valence-corrected chi connectivity index (χ3v) is 10.7. The Morgan fingerprint density at radius 2 is 1.67 bits per heavy atom. The number of carbonyl (C=O) groups is 4. The van der Waals surface area contributed by atoms with Crippen molar-refractivity contribution in [1.29, 1.82) is 0 Å². The molecule has 46 heavy (non-hydrogen) atoms. The SMILES string of the molecule is CC(=O)O[C@@H]1[C@@H](OC(C)=O)[C@H](Oc2cn(C(C)=O)c3cc(Br)c(OC[C@]45C6CC#CCC[C@@H]4[C@H]65)c(Br)c23)O[C@H](CO)[C@H]1OC(C)=O. The first-order chi connectivity index (χ1) is 21.9. The lowest BCUT2D eigenvalue weighted by Crippen LogP contribution is -2.63. The summed E-state index contributed by atoms with van der Waals surface area (Å²) in [6, 6.07) is 1.75. The Morgan fingerprint density at radius 3 is 2.33 bits per heavy atom. The number of rotatable bonds is 9. The molecule has 3 fully saturated rings. The van der Waals surface area contributed by atoms with Crippen LogP contribution in [-0.4, -0.2) is 77.4 Å². The maximum atomic E-state index is 12.7. The minimum absolute atomic E-state index is 0.143. The van der Waals surface area contributed by atoms with Crippen LogP contribution in [0.1, 0.15) is 51.8 Å². The van der Waals surface area contributed by atoms with Crippen LogP contribution < -0.4 is 9.47 Å². The molecule has 0 amide bonds. The average Bonchev–Trinajstić information content (AvgIpc) is 3.72. The summed E-state index contributed by atoms with van der Waals surface area (Å²) in [5.41, 5.74) is 0.625. The van der Waals surface area contributed by atoms with E-state index in [0.29, 0.717) is 50.0 Å². The molecule has 2 heterocycles. The smallest absolute Gasteiger partial charge is 0.303 e. The monoisotopic (exact) mass is 765 g/mol. The van der Waals surface area contributed by atoms with Gasteiger partial charge < -0.3 is 33.5 Å². The highest BCUT2D eigenvalue weighted by Crippen LogP contribution is 2.86. The lowest BCUT2D eigenvalue weighted by molar-refractivity contribution is -0.287. The second-order valence-electron chi connectivity index (χ2n) is 12.1. The lowest BCUT2D eigenvalue weighted by Gasteiger charge is -2.43. The van der Waals surface area contributed by atoms with E-state index in [1.807, 2.05) is 0 Å². The second-order valence-corrected chi connectivity index (χ2v) is 13.7. The van der Waals surface area contributed by atoms with Gasteiger partial charge in [-0.3, -0.25) is 23.7 Å². The lowest BCUT2D eigenvalue weighted by atomic mass is 9.89. The van der Waals surface area contributed by atoms with E-state index in [-0.39, 0.29) is 17.1 Å². The molecule has 0 spiro atoms. The molecule has 0 bridgehead atoms. The normalized spacial score (nSPS) is 32.1. The van der Waals surface area contributed by atoms with Gasteiger partial charge in [0.25, 0.3) is 0 Å². The molecule has 4 aliphatic rings. The van der Waals surface area contributed by atoms with Gasteiger partial charge in [0.05, 0.1) is 39.3 Å². The van der Waals surface area contributed by atoms with Gasteiger partial charge in [0.15, 0.2) is 12.2 Å². The van der Waals surface area contributed by atoms with E-state index >= 15 is 0 Å². The molecular formula is C32H33Br2NO11. The molecule has 6 rings (SSSR count). The molecule has 2 saturated carbocycles. The number of nitrogens with zero attached hydrogens (tertiary/aromatic N) is 1. The summed E-state index contributed by atoms with van der Waals surface area (Å²) < 4.78 is 37.6. The van der Waals surface area contributed by atoms with Crippen molar-refractivity contribution in [2.75, 3.05) is 13.2 Å². The Bertz CT molecular complexity index is 1670. The summed E-state index contributed by atoms with van der Waals surface area (Å²) in [7, 11) is 0. The number of aliphatic hydroxyl groups excluding tert-OH is 1. The fraction of sp³-hybridized carbons (Fsp3) is 0.562. The fourth-order valence-electron chi connectivity index (χ4n) is 7.32. The Morgan fingerprint density at radius 1 is 1.00 bits per heavy atom. The van der Waals surface area contributed by atoms with Crippen molar-refractivity contribution in [2.45, 2.75) is 77.7 Å².